The van der Waals surface area contributed by atoms with Crippen LogP contribution in [-0.4, -0.2) is 54.0 Å². The van der Waals surface area contributed by atoms with E-state index in [2.05, 4.69) is 22.4 Å². The number of ether oxygens (including phenoxy) is 1. The first-order valence-corrected chi connectivity index (χ1v) is 11.2. The fraction of sp³-hybridized carbons (Fsp3) is 0.333. The van der Waals surface area contributed by atoms with Gasteiger partial charge >= 0.3 is 0 Å². The molecular formula is C24H27N3O2S. The second kappa shape index (κ2) is 9.87. The minimum Gasteiger partial charge on any atom is -0.497 e. The SMILES string of the molecule is COc1ccc(CCC(=O)N2CCN(Cc3csc(-c4ccccc4)n3)CC2)cc1. The van der Waals surface area contributed by atoms with E-state index in [1.807, 2.05) is 47.4 Å². The van der Waals surface area contributed by atoms with Gasteiger partial charge in [0.25, 0.3) is 0 Å². The van der Waals surface area contributed by atoms with Crippen LogP contribution in [0.5, 0.6) is 5.75 Å². The summed E-state index contributed by atoms with van der Waals surface area (Å²) in [6.07, 6.45) is 1.32. The number of benzene rings is 2. The van der Waals surface area contributed by atoms with Crippen LogP contribution in [0.1, 0.15) is 17.7 Å². The fourth-order valence-corrected chi connectivity index (χ4v) is 4.50. The third-order valence-corrected chi connectivity index (χ3v) is 6.41. The smallest absolute Gasteiger partial charge is 0.222 e. The van der Waals surface area contributed by atoms with E-state index in [0.29, 0.717) is 6.42 Å². The van der Waals surface area contributed by atoms with Crippen molar-refractivity contribution >= 4 is 17.2 Å². The maximum Gasteiger partial charge on any atom is 0.222 e. The summed E-state index contributed by atoms with van der Waals surface area (Å²) in [5.74, 6) is 1.09. The molecule has 1 aliphatic rings. The Hall–Kier alpha value is -2.70. The summed E-state index contributed by atoms with van der Waals surface area (Å²) in [7, 11) is 1.66. The molecule has 0 atom stereocenters. The Kier molecular flexibility index (Phi) is 6.77. The van der Waals surface area contributed by atoms with Gasteiger partial charge in [0.2, 0.25) is 5.91 Å². The standard InChI is InChI=1S/C24H27N3O2S/c1-29-22-10-7-19(8-11-22)9-12-23(28)27-15-13-26(14-16-27)17-21-18-30-24(25-21)20-5-3-2-4-6-20/h2-8,10-11,18H,9,12-17H2,1H3. The van der Waals surface area contributed by atoms with Crippen LogP contribution in [0.25, 0.3) is 10.6 Å². The summed E-state index contributed by atoms with van der Waals surface area (Å²) < 4.78 is 5.18. The first-order valence-electron chi connectivity index (χ1n) is 10.3. The number of amides is 1. The number of thiazole rings is 1. The molecule has 0 bridgehead atoms. The van der Waals surface area contributed by atoms with E-state index >= 15 is 0 Å². The largest absolute Gasteiger partial charge is 0.497 e. The topological polar surface area (TPSA) is 45.7 Å². The van der Waals surface area contributed by atoms with Crippen molar-refractivity contribution in [1.82, 2.24) is 14.8 Å². The van der Waals surface area contributed by atoms with Crippen molar-refractivity contribution in [2.45, 2.75) is 19.4 Å². The molecule has 2 aromatic carbocycles. The normalized spacial score (nSPS) is 14.6. The number of carbonyl (C=O) groups excluding carboxylic acids is 1. The molecule has 1 saturated heterocycles. The molecule has 0 saturated carbocycles. The van der Waals surface area contributed by atoms with Gasteiger partial charge < -0.3 is 9.64 Å². The van der Waals surface area contributed by atoms with Crippen molar-refractivity contribution in [3.8, 4) is 16.3 Å². The molecule has 1 aliphatic heterocycles. The Bertz CT molecular complexity index is 948. The highest BCUT2D eigenvalue weighted by molar-refractivity contribution is 7.13. The predicted octanol–water partition coefficient (Wildman–Crippen LogP) is 4.10. The Morgan fingerprint density at radius 2 is 1.77 bits per heavy atom. The van der Waals surface area contributed by atoms with Crippen LogP contribution < -0.4 is 4.74 Å². The van der Waals surface area contributed by atoms with Crippen LogP contribution in [0, 0.1) is 0 Å². The van der Waals surface area contributed by atoms with Crippen molar-refractivity contribution in [3.05, 3.63) is 71.2 Å². The van der Waals surface area contributed by atoms with Crippen LogP contribution in [0.4, 0.5) is 0 Å². The summed E-state index contributed by atoms with van der Waals surface area (Å²) in [5.41, 5.74) is 3.44. The summed E-state index contributed by atoms with van der Waals surface area (Å²) in [6.45, 7) is 4.21. The number of aromatic nitrogens is 1. The van der Waals surface area contributed by atoms with Crippen molar-refractivity contribution in [2.24, 2.45) is 0 Å². The molecule has 1 aromatic heterocycles. The molecule has 0 aliphatic carbocycles. The molecular weight excluding hydrogens is 394 g/mol. The molecule has 0 unspecified atom stereocenters. The van der Waals surface area contributed by atoms with Crippen molar-refractivity contribution in [3.63, 3.8) is 0 Å². The Labute approximate surface area is 181 Å². The fourth-order valence-electron chi connectivity index (χ4n) is 3.68. The monoisotopic (exact) mass is 421 g/mol. The molecule has 0 N–H and O–H groups in total. The summed E-state index contributed by atoms with van der Waals surface area (Å²) in [4.78, 5) is 21.8. The molecule has 1 amide bonds. The quantitative estimate of drug-likeness (QED) is 0.576. The summed E-state index contributed by atoms with van der Waals surface area (Å²) in [5, 5.41) is 3.22. The maximum atomic E-state index is 12.6. The molecule has 1 fully saturated rings. The average molecular weight is 422 g/mol. The van der Waals surface area contributed by atoms with Crippen LogP contribution in [0.2, 0.25) is 0 Å². The molecule has 6 heteroatoms. The Morgan fingerprint density at radius 1 is 1.03 bits per heavy atom. The Balaban J connectivity index is 1.22. The second-order valence-electron chi connectivity index (χ2n) is 7.52. The van der Waals surface area contributed by atoms with E-state index in [-0.39, 0.29) is 5.91 Å². The van der Waals surface area contributed by atoms with E-state index in [1.54, 1.807) is 18.4 Å². The van der Waals surface area contributed by atoms with Gasteiger partial charge in [-0.05, 0) is 24.1 Å². The molecule has 3 aromatic rings. The van der Waals surface area contributed by atoms with Gasteiger partial charge in [-0.3, -0.25) is 9.69 Å². The zero-order valence-corrected chi connectivity index (χ0v) is 18.1. The van der Waals surface area contributed by atoms with E-state index in [4.69, 9.17) is 9.72 Å². The first kappa shape index (κ1) is 20.6. The van der Waals surface area contributed by atoms with Gasteiger partial charge in [0.1, 0.15) is 10.8 Å². The third-order valence-electron chi connectivity index (χ3n) is 5.47. The lowest BCUT2D eigenvalue weighted by molar-refractivity contribution is -0.133. The summed E-state index contributed by atoms with van der Waals surface area (Å²) >= 11 is 1.69. The van der Waals surface area contributed by atoms with Gasteiger partial charge in [-0.25, -0.2) is 4.98 Å². The molecule has 2 heterocycles. The molecule has 0 radical (unpaired) electrons. The van der Waals surface area contributed by atoms with Gasteiger partial charge in [-0.15, -0.1) is 11.3 Å². The number of piperazine rings is 1. The molecule has 0 spiro atoms. The molecule has 156 valence electrons. The number of aryl methyl sites for hydroxylation is 1. The number of hydrogen-bond donors (Lipinski definition) is 0. The van der Waals surface area contributed by atoms with Crippen LogP contribution in [0.3, 0.4) is 0 Å². The second-order valence-corrected chi connectivity index (χ2v) is 8.37. The van der Waals surface area contributed by atoms with Gasteiger partial charge in [-0.2, -0.15) is 0 Å². The van der Waals surface area contributed by atoms with E-state index < -0.39 is 0 Å². The van der Waals surface area contributed by atoms with Gasteiger partial charge in [0.05, 0.1) is 12.8 Å². The van der Waals surface area contributed by atoms with E-state index in [1.165, 1.54) is 11.1 Å². The molecule has 5 nitrogen and oxygen atoms in total. The van der Waals surface area contributed by atoms with Crippen molar-refractivity contribution in [2.75, 3.05) is 33.3 Å². The van der Waals surface area contributed by atoms with Crippen molar-refractivity contribution < 1.29 is 9.53 Å². The minimum absolute atomic E-state index is 0.241. The number of nitrogens with zero attached hydrogens (tertiary/aromatic N) is 3. The Morgan fingerprint density at radius 3 is 2.47 bits per heavy atom. The third kappa shape index (κ3) is 5.26. The highest BCUT2D eigenvalue weighted by Crippen LogP contribution is 2.24. The van der Waals surface area contributed by atoms with Crippen molar-refractivity contribution in [1.29, 1.82) is 0 Å². The van der Waals surface area contributed by atoms with E-state index in [0.717, 1.165) is 55.6 Å². The number of carbonyl (C=O) groups is 1. The number of hydrogen-bond acceptors (Lipinski definition) is 5. The molecule has 4 rings (SSSR count). The van der Waals surface area contributed by atoms with Gasteiger partial charge in [0, 0.05) is 50.1 Å². The number of rotatable bonds is 7. The average Bonchev–Trinajstić information content (AvgIpc) is 3.27. The number of methoxy groups -OCH3 is 1. The highest BCUT2D eigenvalue weighted by atomic mass is 32.1. The highest BCUT2D eigenvalue weighted by Gasteiger charge is 2.21. The lowest BCUT2D eigenvalue weighted by Gasteiger charge is -2.34. The van der Waals surface area contributed by atoms with Crippen LogP contribution >= 0.6 is 11.3 Å². The van der Waals surface area contributed by atoms with Crippen LogP contribution in [0.15, 0.2) is 60.0 Å². The maximum absolute atomic E-state index is 12.6. The molecule has 30 heavy (non-hydrogen) atoms. The zero-order chi connectivity index (χ0) is 20.8. The van der Waals surface area contributed by atoms with E-state index in [9.17, 15) is 4.79 Å². The lowest BCUT2D eigenvalue weighted by atomic mass is 10.1. The van der Waals surface area contributed by atoms with Gasteiger partial charge in [-0.1, -0.05) is 42.5 Å². The minimum atomic E-state index is 0.241. The first-order chi connectivity index (χ1) is 14.7. The summed E-state index contributed by atoms with van der Waals surface area (Å²) in [6, 6.07) is 18.2. The zero-order valence-electron chi connectivity index (χ0n) is 17.3. The lowest BCUT2D eigenvalue weighted by Crippen LogP contribution is -2.48. The van der Waals surface area contributed by atoms with Crippen LogP contribution in [-0.2, 0) is 17.8 Å². The van der Waals surface area contributed by atoms with Gasteiger partial charge in [0.15, 0.2) is 0 Å². The predicted molar refractivity (Wildman–Crippen MR) is 121 cm³/mol.